The molecule has 0 spiro atoms. The van der Waals surface area contributed by atoms with Gasteiger partial charge in [0.15, 0.2) is 0 Å². The standard InChI is InChI=1S/C16H22N4O/c1-11-10-13(18)4-7-15(11)19-16(21)12(2)20(9-3-8-17)14-5-6-14/h4,7,10,12,14H,3,5-6,9,18H2,1-2H3,(H,19,21). The number of anilines is 2. The third kappa shape index (κ3) is 3.96. The lowest BCUT2D eigenvalue weighted by Crippen LogP contribution is -2.43. The topological polar surface area (TPSA) is 82.2 Å². The molecule has 5 heteroatoms. The second-order valence-electron chi connectivity index (χ2n) is 5.62. The molecule has 2 rings (SSSR count). The van der Waals surface area contributed by atoms with E-state index >= 15 is 0 Å². The molecule has 3 N–H and O–H groups in total. The molecule has 0 aliphatic heterocycles. The third-order valence-electron chi connectivity index (χ3n) is 3.88. The first-order chi connectivity index (χ1) is 10.0. The predicted molar refractivity (Wildman–Crippen MR) is 83.6 cm³/mol. The fourth-order valence-electron chi connectivity index (χ4n) is 2.49. The smallest absolute Gasteiger partial charge is 0.241 e. The molecule has 1 amide bonds. The lowest BCUT2D eigenvalue weighted by molar-refractivity contribution is -0.121. The average Bonchev–Trinajstić information content (AvgIpc) is 3.26. The minimum atomic E-state index is -0.234. The van der Waals surface area contributed by atoms with Crippen molar-refractivity contribution in [3.63, 3.8) is 0 Å². The van der Waals surface area contributed by atoms with Crippen LogP contribution in [-0.2, 0) is 4.79 Å². The molecule has 0 heterocycles. The van der Waals surface area contributed by atoms with Gasteiger partial charge in [-0.1, -0.05) is 0 Å². The summed E-state index contributed by atoms with van der Waals surface area (Å²) in [6, 6.07) is 7.82. The normalized spacial score (nSPS) is 15.5. The molecule has 0 bridgehead atoms. The summed E-state index contributed by atoms with van der Waals surface area (Å²) in [5, 5.41) is 11.7. The highest BCUT2D eigenvalue weighted by Gasteiger charge is 2.34. The van der Waals surface area contributed by atoms with Gasteiger partial charge in [-0.15, -0.1) is 0 Å². The maximum atomic E-state index is 12.4. The van der Waals surface area contributed by atoms with E-state index < -0.39 is 0 Å². The lowest BCUT2D eigenvalue weighted by atomic mass is 10.1. The summed E-state index contributed by atoms with van der Waals surface area (Å²) in [4.78, 5) is 14.5. The van der Waals surface area contributed by atoms with Crippen LogP contribution in [0, 0.1) is 18.3 Å². The second kappa shape index (κ2) is 6.59. The van der Waals surface area contributed by atoms with Crippen molar-refractivity contribution in [3.05, 3.63) is 23.8 Å². The quantitative estimate of drug-likeness (QED) is 0.786. The molecule has 0 radical (unpaired) electrons. The van der Waals surface area contributed by atoms with Crippen molar-refractivity contribution in [2.45, 2.75) is 45.2 Å². The van der Waals surface area contributed by atoms with E-state index in [-0.39, 0.29) is 11.9 Å². The third-order valence-corrected chi connectivity index (χ3v) is 3.88. The van der Waals surface area contributed by atoms with E-state index in [4.69, 9.17) is 11.0 Å². The molecular weight excluding hydrogens is 264 g/mol. The van der Waals surface area contributed by atoms with Crippen LogP contribution in [0.25, 0.3) is 0 Å². The Hall–Kier alpha value is -2.06. The van der Waals surface area contributed by atoms with Gasteiger partial charge in [-0.25, -0.2) is 0 Å². The molecule has 21 heavy (non-hydrogen) atoms. The van der Waals surface area contributed by atoms with Crippen LogP contribution < -0.4 is 11.1 Å². The number of nitriles is 1. The van der Waals surface area contributed by atoms with Crippen LogP contribution in [0.1, 0.15) is 31.7 Å². The van der Waals surface area contributed by atoms with Crippen LogP contribution in [-0.4, -0.2) is 29.4 Å². The number of nitrogen functional groups attached to an aromatic ring is 1. The zero-order chi connectivity index (χ0) is 15.4. The van der Waals surface area contributed by atoms with E-state index in [1.54, 1.807) is 6.07 Å². The molecule has 0 saturated heterocycles. The van der Waals surface area contributed by atoms with Gasteiger partial charge in [-0.05, 0) is 50.5 Å². The van der Waals surface area contributed by atoms with Gasteiger partial charge in [0.05, 0.1) is 12.1 Å². The van der Waals surface area contributed by atoms with Gasteiger partial charge in [-0.3, -0.25) is 9.69 Å². The van der Waals surface area contributed by atoms with Crippen molar-refractivity contribution in [2.24, 2.45) is 0 Å². The van der Waals surface area contributed by atoms with Gasteiger partial charge in [-0.2, -0.15) is 5.26 Å². The Morgan fingerprint density at radius 1 is 1.57 bits per heavy atom. The van der Waals surface area contributed by atoms with E-state index in [2.05, 4.69) is 16.3 Å². The molecule has 1 atom stereocenters. The second-order valence-corrected chi connectivity index (χ2v) is 5.62. The Kier molecular flexibility index (Phi) is 4.81. The highest BCUT2D eigenvalue weighted by Crippen LogP contribution is 2.29. The number of amides is 1. The zero-order valence-corrected chi connectivity index (χ0v) is 12.6. The van der Waals surface area contributed by atoms with E-state index in [9.17, 15) is 4.79 Å². The highest BCUT2D eigenvalue weighted by molar-refractivity contribution is 5.95. The Labute approximate surface area is 125 Å². The van der Waals surface area contributed by atoms with E-state index in [0.29, 0.717) is 24.7 Å². The number of nitrogens with zero attached hydrogens (tertiary/aromatic N) is 2. The SMILES string of the molecule is Cc1cc(N)ccc1NC(=O)C(C)N(CCC#N)C1CC1. The summed E-state index contributed by atoms with van der Waals surface area (Å²) in [6.07, 6.45) is 2.68. The number of rotatable bonds is 6. The monoisotopic (exact) mass is 286 g/mol. The summed E-state index contributed by atoms with van der Waals surface area (Å²) in [7, 11) is 0. The van der Waals surface area contributed by atoms with Gasteiger partial charge in [0.2, 0.25) is 5.91 Å². The first-order valence-electron chi connectivity index (χ1n) is 7.32. The summed E-state index contributed by atoms with van der Waals surface area (Å²) in [5.41, 5.74) is 8.14. The number of carbonyl (C=O) groups is 1. The van der Waals surface area contributed by atoms with Crippen LogP contribution in [0.15, 0.2) is 18.2 Å². The minimum Gasteiger partial charge on any atom is -0.399 e. The fourth-order valence-corrected chi connectivity index (χ4v) is 2.49. The van der Waals surface area contributed by atoms with Crippen molar-refractivity contribution >= 4 is 17.3 Å². The van der Waals surface area contributed by atoms with Gasteiger partial charge in [0.1, 0.15) is 0 Å². The zero-order valence-electron chi connectivity index (χ0n) is 12.6. The molecular formula is C16H22N4O. The number of carbonyl (C=O) groups excluding carboxylic acids is 1. The summed E-state index contributed by atoms with van der Waals surface area (Å²) < 4.78 is 0. The number of nitrogens with one attached hydrogen (secondary N) is 1. The number of hydrogen-bond donors (Lipinski definition) is 2. The molecule has 112 valence electrons. The van der Waals surface area contributed by atoms with Crippen LogP contribution in [0.4, 0.5) is 11.4 Å². The molecule has 0 aromatic heterocycles. The van der Waals surface area contributed by atoms with Crippen LogP contribution >= 0.6 is 0 Å². The molecule has 1 aromatic carbocycles. The molecule has 1 unspecified atom stereocenters. The number of aryl methyl sites for hydroxylation is 1. The number of benzene rings is 1. The first kappa shape index (κ1) is 15.3. The van der Waals surface area contributed by atoms with Gasteiger partial charge < -0.3 is 11.1 Å². The van der Waals surface area contributed by atoms with Crippen molar-refractivity contribution in [1.82, 2.24) is 4.90 Å². The Morgan fingerprint density at radius 3 is 2.86 bits per heavy atom. The summed E-state index contributed by atoms with van der Waals surface area (Å²) >= 11 is 0. The average molecular weight is 286 g/mol. The van der Waals surface area contributed by atoms with Crippen molar-refractivity contribution in [2.75, 3.05) is 17.6 Å². The maximum Gasteiger partial charge on any atom is 0.241 e. The molecule has 1 aliphatic carbocycles. The summed E-state index contributed by atoms with van der Waals surface area (Å²) in [5.74, 6) is -0.0345. The Morgan fingerprint density at radius 2 is 2.29 bits per heavy atom. The Balaban J connectivity index is 2.02. The van der Waals surface area contributed by atoms with Crippen LogP contribution in [0.3, 0.4) is 0 Å². The summed E-state index contributed by atoms with van der Waals surface area (Å²) in [6.45, 7) is 4.47. The van der Waals surface area contributed by atoms with Crippen molar-refractivity contribution in [1.29, 1.82) is 5.26 Å². The number of nitrogens with two attached hydrogens (primary N) is 1. The number of hydrogen-bond acceptors (Lipinski definition) is 4. The Bertz CT molecular complexity index is 560. The van der Waals surface area contributed by atoms with E-state index in [0.717, 1.165) is 24.1 Å². The van der Waals surface area contributed by atoms with Gasteiger partial charge in [0.25, 0.3) is 0 Å². The fraction of sp³-hybridized carbons (Fsp3) is 0.500. The molecule has 1 fully saturated rings. The molecule has 1 aromatic rings. The molecule has 1 aliphatic rings. The lowest BCUT2D eigenvalue weighted by Gasteiger charge is -2.27. The predicted octanol–water partition coefficient (Wildman–Crippen LogP) is 2.28. The largest absolute Gasteiger partial charge is 0.399 e. The van der Waals surface area contributed by atoms with Crippen LogP contribution in [0.5, 0.6) is 0 Å². The van der Waals surface area contributed by atoms with Crippen molar-refractivity contribution in [3.8, 4) is 6.07 Å². The van der Waals surface area contributed by atoms with Gasteiger partial charge in [0, 0.05) is 30.4 Å². The highest BCUT2D eigenvalue weighted by atomic mass is 16.2. The van der Waals surface area contributed by atoms with E-state index in [1.165, 1.54) is 0 Å². The maximum absolute atomic E-state index is 12.4. The molecule has 1 saturated carbocycles. The first-order valence-corrected chi connectivity index (χ1v) is 7.32. The van der Waals surface area contributed by atoms with E-state index in [1.807, 2.05) is 26.0 Å². The van der Waals surface area contributed by atoms with Crippen LogP contribution in [0.2, 0.25) is 0 Å². The molecule has 5 nitrogen and oxygen atoms in total. The van der Waals surface area contributed by atoms with Crippen molar-refractivity contribution < 1.29 is 4.79 Å². The minimum absolute atomic E-state index is 0.0345. The van der Waals surface area contributed by atoms with Gasteiger partial charge >= 0.3 is 0 Å².